The third kappa shape index (κ3) is 4.70. The Morgan fingerprint density at radius 3 is 1.84 bits per heavy atom. The van der Waals surface area contributed by atoms with Crippen molar-refractivity contribution in [3.05, 3.63) is 170 Å². The van der Waals surface area contributed by atoms with Crippen LogP contribution in [-0.2, 0) is 0 Å². The maximum absolute atomic E-state index is 5.38. The molecule has 0 saturated heterocycles. The molecule has 0 aliphatic carbocycles. The van der Waals surface area contributed by atoms with Crippen molar-refractivity contribution in [2.75, 3.05) is 0 Å². The molecule has 0 aliphatic rings. The van der Waals surface area contributed by atoms with E-state index < -0.39 is 0 Å². The molecule has 2 heterocycles. The molecule has 10 rings (SSSR count). The normalized spacial score (nSPS) is 11.7. The van der Waals surface area contributed by atoms with Crippen LogP contribution in [0.3, 0.4) is 0 Å². The summed E-state index contributed by atoms with van der Waals surface area (Å²) in [4.78, 5) is 10.7. The van der Waals surface area contributed by atoms with Gasteiger partial charge in [0.1, 0.15) is 0 Å². The first kappa shape index (κ1) is 27.9. The van der Waals surface area contributed by atoms with Crippen molar-refractivity contribution in [3.63, 3.8) is 0 Å². The van der Waals surface area contributed by atoms with E-state index in [0.29, 0.717) is 0 Å². The van der Waals surface area contributed by atoms with Gasteiger partial charge < -0.3 is 0 Å². The lowest BCUT2D eigenvalue weighted by Crippen LogP contribution is -1.96. The van der Waals surface area contributed by atoms with Crippen molar-refractivity contribution in [1.29, 1.82) is 0 Å². The van der Waals surface area contributed by atoms with Gasteiger partial charge in [0.15, 0.2) is 5.82 Å². The zero-order valence-corrected chi connectivity index (χ0v) is 27.3. The molecule has 0 atom stereocenters. The number of hydrogen-bond acceptors (Lipinski definition) is 3. The quantitative estimate of drug-likeness (QED) is 0.191. The molecule has 0 spiro atoms. The SMILES string of the molecule is c1ccc(-c2cccc(-c3ccc(-c4nc(-c5ccc6ccccc6c5)c5ccc6sc7c8ccccc8ccc7c6c5n4)cc3)c2)cc1. The van der Waals surface area contributed by atoms with Crippen molar-refractivity contribution in [3.8, 4) is 44.9 Å². The predicted molar refractivity (Wildman–Crippen MR) is 209 cm³/mol. The smallest absolute Gasteiger partial charge is 0.160 e. The molecule has 0 amide bonds. The minimum absolute atomic E-state index is 0.730. The lowest BCUT2D eigenvalue weighted by atomic mass is 9.98. The number of rotatable bonds is 4. The van der Waals surface area contributed by atoms with E-state index in [4.69, 9.17) is 9.97 Å². The monoisotopic (exact) mass is 640 g/mol. The van der Waals surface area contributed by atoms with Crippen molar-refractivity contribution in [1.82, 2.24) is 9.97 Å². The number of nitrogens with zero attached hydrogens (tertiary/aromatic N) is 2. The second kappa shape index (κ2) is 11.2. The van der Waals surface area contributed by atoms with Crippen LogP contribution in [0.1, 0.15) is 0 Å². The average molecular weight is 641 g/mol. The molecule has 0 saturated carbocycles. The second-order valence-electron chi connectivity index (χ2n) is 12.6. The Balaban J connectivity index is 1.18. The Hall–Kier alpha value is -6.16. The highest BCUT2D eigenvalue weighted by atomic mass is 32.1. The molecule has 228 valence electrons. The summed E-state index contributed by atoms with van der Waals surface area (Å²) < 4.78 is 2.54. The number of hydrogen-bond donors (Lipinski definition) is 0. The largest absolute Gasteiger partial charge is 0.227 e. The first-order valence-electron chi connectivity index (χ1n) is 16.6. The number of benzene rings is 8. The highest BCUT2D eigenvalue weighted by Crippen LogP contribution is 2.43. The number of fused-ring (bicyclic) bond motifs is 8. The summed E-state index contributed by atoms with van der Waals surface area (Å²) in [7, 11) is 0. The summed E-state index contributed by atoms with van der Waals surface area (Å²) in [5.41, 5.74) is 8.80. The Labute approximate surface area is 287 Å². The van der Waals surface area contributed by atoms with Gasteiger partial charge in [0.25, 0.3) is 0 Å². The van der Waals surface area contributed by atoms with E-state index in [1.54, 1.807) is 0 Å². The van der Waals surface area contributed by atoms with Crippen molar-refractivity contribution < 1.29 is 0 Å². The first-order valence-corrected chi connectivity index (χ1v) is 17.4. The fraction of sp³-hybridized carbons (Fsp3) is 0. The third-order valence-electron chi connectivity index (χ3n) is 9.66. The fourth-order valence-electron chi connectivity index (χ4n) is 7.19. The Morgan fingerprint density at radius 1 is 0.367 bits per heavy atom. The van der Waals surface area contributed by atoms with E-state index in [1.165, 1.54) is 58.4 Å². The molecule has 0 N–H and O–H groups in total. The molecular formula is C46H28N2S. The molecule has 10 aromatic rings. The summed E-state index contributed by atoms with van der Waals surface area (Å²) in [6.07, 6.45) is 0. The highest BCUT2D eigenvalue weighted by molar-refractivity contribution is 7.26. The third-order valence-corrected chi connectivity index (χ3v) is 10.9. The predicted octanol–water partition coefficient (Wildman–Crippen LogP) is 13.0. The molecule has 0 bridgehead atoms. The Kier molecular flexibility index (Phi) is 6.39. The fourth-order valence-corrected chi connectivity index (χ4v) is 8.43. The van der Waals surface area contributed by atoms with E-state index in [0.717, 1.165) is 39.1 Å². The number of aromatic nitrogens is 2. The summed E-state index contributed by atoms with van der Waals surface area (Å²) in [6.45, 7) is 0. The maximum atomic E-state index is 5.38. The second-order valence-corrected chi connectivity index (χ2v) is 13.6. The summed E-state index contributed by atoms with van der Waals surface area (Å²) >= 11 is 1.85. The van der Waals surface area contributed by atoms with Crippen molar-refractivity contribution >= 4 is 64.0 Å². The van der Waals surface area contributed by atoms with E-state index in [2.05, 4.69) is 170 Å². The topological polar surface area (TPSA) is 25.8 Å². The van der Waals surface area contributed by atoms with Crippen LogP contribution in [0.4, 0.5) is 0 Å². The van der Waals surface area contributed by atoms with Crippen molar-refractivity contribution in [2.24, 2.45) is 0 Å². The van der Waals surface area contributed by atoms with E-state index in [9.17, 15) is 0 Å². The zero-order valence-electron chi connectivity index (χ0n) is 26.5. The molecule has 0 radical (unpaired) electrons. The average Bonchev–Trinajstić information content (AvgIpc) is 3.58. The molecule has 2 aromatic heterocycles. The van der Waals surface area contributed by atoms with Gasteiger partial charge in [-0.25, -0.2) is 9.97 Å². The van der Waals surface area contributed by atoms with E-state index >= 15 is 0 Å². The minimum Gasteiger partial charge on any atom is -0.227 e. The van der Waals surface area contributed by atoms with Gasteiger partial charge >= 0.3 is 0 Å². The van der Waals surface area contributed by atoms with Crippen LogP contribution < -0.4 is 0 Å². The summed E-state index contributed by atoms with van der Waals surface area (Å²) in [5.74, 6) is 0.730. The van der Waals surface area contributed by atoms with E-state index in [1.807, 2.05) is 11.3 Å². The lowest BCUT2D eigenvalue weighted by Gasteiger charge is -2.12. The van der Waals surface area contributed by atoms with Crippen LogP contribution in [0.5, 0.6) is 0 Å². The first-order chi connectivity index (χ1) is 24.3. The van der Waals surface area contributed by atoms with Crippen LogP contribution in [0.2, 0.25) is 0 Å². The Morgan fingerprint density at radius 2 is 1.00 bits per heavy atom. The highest BCUT2D eigenvalue weighted by Gasteiger charge is 2.18. The van der Waals surface area contributed by atoms with Crippen molar-refractivity contribution in [2.45, 2.75) is 0 Å². The molecular weight excluding hydrogens is 613 g/mol. The van der Waals surface area contributed by atoms with Gasteiger partial charge in [-0.15, -0.1) is 11.3 Å². The summed E-state index contributed by atoms with van der Waals surface area (Å²) in [5, 5.41) is 8.46. The van der Waals surface area contributed by atoms with Gasteiger partial charge in [0.2, 0.25) is 0 Å². The Bertz CT molecular complexity index is 2870. The summed E-state index contributed by atoms with van der Waals surface area (Å²) in [6, 6.07) is 60.8. The van der Waals surface area contributed by atoms with Crippen LogP contribution in [-0.4, -0.2) is 9.97 Å². The maximum Gasteiger partial charge on any atom is 0.160 e. The molecule has 3 heteroatoms. The molecule has 8 aromatic carbocycles. The molecule has 49 heavy (non-hydrogen) atoms. The van der Waals surface area contributed by atoms with Gasteiger partial charge in [0, 0.05) is 36.7 Å². The van der Waals surface area contributed by atoms with E-state index in [-0.39, 0.29) is 0 Å². The van der Waals surface area contributed by atoms with Crippen LogP contribution in [0, 0.1) is 0 Å². The van der Waals surface area contributed by atoms with Gasteiger partial charge in [-0.05, 0) is 68.1 Å². The molecule has 0 fully saturated rings. The molecule has 0 unspecified atom stereocenters. The van der Waals surface area contributed by atoms with Crippen LogP contribution in [0.15, 0.2) is 170 Å². The van der Waals surface area contributed by atoms with Gasteiger partial charge in [-0.1, -0.05) is 146 Å². The van der Waals surface area contributed by atoms with Gasteiger partial charge in [-0.2, -0.15) is 0 Å². The van der Waals surface area contributed by atoms with Crippen LogP contribution >= 0.6 is 11.3 Å². The lowest BCUT2D eigenvalue weighted by molar-refractivity contribution is 1.23. The minimum atomic E-state index is 0.730. The molecule has 2 nitrogen and oxygen atoms in total. The number of thiophene rings is 1. The van der Waals surface area contributed by atoms with Crippen LogP contribution in [0.25, 0.3) is 97.5 Å². The van der Waals surface area contributed by atoms with Gasteiger partial charge in [0.05, 0.1) is 11.2 Å². The van der Waals surface area contributed by atoms with Gasteiger partial charge in [-0.3, -0.25) is 0 Å². The standard InChI is InChI=1S/C46H28N2S/c1-2-9-29(10-3-1)35-14-8-15-36(27-35)31-17-20-33(21-18-31)46-47-43(37-22-19-30-11-4-5-13-34(30)28-37)40-25-26-41-42(44(40)48-46)39-24-23-32-12-6-7-16-38(32)45(39)49-41/h1-28H. The molecule has 0 aliphatic heterocycles. The zero-order chi connectivity index (χ0) is 32.3.